The Balaban J connectivity index is 2.09. The molecule has 2 nitrogen and oxygen atoms in total. The number of carbonyl (C=O) groups is 1. The molecule has 1 amide bonds. The summed E-state index contributed by atoms with van der Waals surface area (Å²) in [6.07, 6.45) is 0.972. The minimum absolute atomic E-state index is 0.0530. The van der Waals surface area contributed by atoms with Gasteiger partial charge in [-0.15, -0.1) is 0 Å². The van der Waals surface area contributed by atoms with E-state index in [1.165, 1.54) is 11.1 Å². The monoisotopic (exact) mass is 331 g/mol. The van der Waals surface area contributed by atoms with Crippen molar-refractivity contribution in [2.75, 3.05) is 0 Å². The average Bonchev–Trinajstić information content (AvgIpc) is 2.45. The zero-order valence-corrected chi connectivity index (χ0v) is 13.3. The van der Waals surface area contributed by atoms with Gasteiger partial charge in [0.15, 0.2) is 0 Å². The highest BCUT2D eigenvalue weighted by molar-refractivity contribution is 9.10. The van der Waals surface area contributed by atoms with Gasteiger partial charge in [0.2, 0.25) is 0 Å². The highest BCUT2D eigenvalue weighted by Crippen LogP contribution is 2.18. The van der Waals surface area contributed by atoms with Gasteiger partial charge in [-0.25, -0.2) is 0 Å². The van der Waals surface area contributed by atoms with Crippen LogP contribution in [0.2, 0.25) is 0 Å². The van der Waals surface area contributed by atoms with Crippen LogP contribution in [-0.2, 0) is 13.0 Å². The highest BCUT2D eigenvalue weighted by atomic mass is 79.9. The topological polar surface area (TPSA) is 29.1 Å². The number of amides is 1. The minimum atomic E-state index is -0.0530. The third-order valence-corrected chi connectivity index (χ3v) is 3.96. The van der Waals surface area contributed by atoms with Gasteiger partial charge in [0.25, 0.3) is 5.91 Å². The number of nitrogens with one attached hydrogen (secondary N) is 1. The lowest BCUT2D eigenvalue weighted by Crippen LogP contribution is -2.23. The van der Waals surface area contributed by atoms with E-state index in [1.807, 2.05) is 37.3 Å². The number of aryl methyl sites for hydroxylation is 2. The van der Waals surface area contributed by atoms with Crippen LogP contribution >= 0.6 is 15.9 Å². The van der Waals surface area contributed by atoms with Gasteiger partial charge in [-0.3, -0.25) is 4.79 Å². The van der Waals surface area contributed by atoms with Crippen LogP contribution in [0, 0.1) is 6.92 Å². The standard InChI is InChI=1S/C17H18BrNO/c1-3-13-6-4-5-7-14(13)11-19-17(20)15-9-8-12(2)10-16(15)18/h4-10H,3,11H2,1-2H3,(H,19,20). The lowest BCUT2D eigenvalue weighted by molar-refractivity contribution is 0.0950. The average molecular weight is 332 g/mol. The van der Waals surface area contributed by atoms with Gasteiger partial charge < -0.3 is 5.32 Å². The number of benzene rings is 2. The molecule has 0 heterocycles. The van der Waals surface area contributed by atoms with E-state index in [2.05, 4.69) is 40.3 Å². The number of rotatable bonds is 4. The molecule has 20 heavy (non-hydrogen) atoms. The van der Waals surface area contributed by atoms with E-state index in [0.717, 1.165) is 16.5 Å². The number of halogens is 1. The van der Waals surface area contributed by atoms with E-state index in [1.54, 1.807) is 0 Å². The maximum atomic E-state index is 12.2. The van der Waals surface area contributed by atoms with Crippen molar-refractivity contribution in [1.82, 2.24) is 5.32 Å². The molecule has 0 fully saturated rings. The van der Waals surface area contributed by atoms with Crippen molar-refractivity contribution in [2.24, 2.45) is 0 Å². The summed E-state index contributed by atoms with van der Waals surface area (Å²) in [5, 5.41) is 2.98. The molecular formula is C17H18BrNO. The molecule has 104 valence electrons. The van der Waals surface area contributed by atoms with Crippen LogP contribution in [0.3, 0.4) is 0 Å². The van der Waals surface area contributed by atoms with Crippen LogP contribution < -0.4 is 5.32 Å². The molecule has 3 heteroatoms. The van der Waals surface area contributed by atoms with Crippen molar-refractivity contribution in [1.29, 1.82) is 0 Å². The van der Waals surface area contributed by atoms with Gasteiger partial charge in [-0.1, -0.05) is 37.3 Å². The van der Waals surface area contributed by atoms with Crippen LogP contribution in [0.25, 0.3) is 0 Å². The Hall–Kier alpha value is -1.61. The van der Waals surface area contributed by atoms with Crippen molar-refractivity contribution in [3.63, 3.8) is 0 Å². The molecule has 0 spiro atoms. The molecule has 0 aliphatic heterocycles. The molecule has 0 aliphatic carbocycles. The number of hydrogen-bond donors (Lipinski definition) is 1. The molecule has 2 rings (SSSR count). The predicted molar refractivity (Wildman–Crippen MR) is 85.9 cm³/mol. The molecule has 0 atom stereocenters. The highest BCUT2D eigenvalue weighted by Gasteiger charge is 2.10. The van der Waals surface area contributed by atoms with Gasteiger partial charge >= 0.3 is 0 Å². The fourth-order valence-corrected chi connectivity index (χ4v) is 2.82. The molecule has 0 radical (unpaired) electrons. The van der Waals surface area contributed by atoms with Crippen molar-refractivity contribution in [3.05, 3.63) is 69.2 Å². The van der Waals surface area contributed by atoms with Crippen molar-refractivity contribution in [2.45, 2.75) is 26.8 Å². The summed E-state index contributed by atoms with van der Waals surface area (Å²) in [4.78, 5) is 12.2. The second-order valence-corrected chi connectivity index (χ2v) is 5.64. The maximum Gasteiger partial charge on any atom is 0.252 e. The van der Waals surface area contributed by atoms with E-state index >= 15 is 0 Å². The van der Waals surface area contributed by atoms with Crippen molar-refractivity contribution in [3.8, 4) is 0 Å². The summed E-state index contributed by atoms with van der Waals surface area (Å²) in [7, 11) is 0. The van der Waals surface area contributed by atoms with E-state index in [4.69, 9.17) is 0 Å². The number of hydrogen-bond acceptors (Lipinski definition) is 1. The second kappa shape index (κ2) is 6.71. The first-order valence-corrected chi connectivity index (χ1v) is 7.52. The Morgan fingerprint density at radius 3 is 2.50 bits per heavy atom. The largest absolute Gasteiger partial charge is 0.348 e. The fraction of sp³-hybridized carbons (Fsp3) is 0.235. The van der Waals surface area contributed by atoms with E-state index in [-0.39, 0.29) is 5.91 Å². The molecule has 1 N–H and O–H groups in total. The summed E-state index contributed by atoms with van der Waals surface area (Å²) in [5.74, 6) is -0.0530. The summed E-state index contributed by atoms with van der Waals surface area (Å²) in [6, 6.07) is 13.9. The van der Waals surface area contributed by atoms with Gasteiger partial charge in [-0.2, -0.15) is 0 Å². The summed E-state index contributed by atoms with van der Waals surface area (Å²) in [5.41, 5.74) is 4.25. The van der Waals surface area contributed by atoms with Crippen molar-refractivity contribution >= 4 is 21.8 Å². The van der Waals surface area contributed by atoms with Crippen LogP contribution in [0.15, 0.2) is 46.9 Å². The Morgan fingerprint density at radius 2 is 1.85 bits per heavy atom. The predicted octanol–water partition coefficient (Wildman–Crippen LogP) is 4.25. The molecule has 2 aromatic rings. The van der Waals surface area contributed by atoms with Gasteiger partial charge in [0, 0.05) is 11.0 Å². The van der Waals surface area contributed by atoms with Crippen LogP contribution in [-0.4, -0.2) is 5.91 Å². The molecule has 0 saturated carbocycles. The normalized spacial score (nSPS) is 10.3. The molecule has 0 aromatic heterocycles. The molecule has 0 unspecified atom stereocenters. The summed E-state index contributed by atoms with van der Waals surface area (Å²) >= 11 is 3.44. The van der Waals surface area contributed by atoms with E-state index in [0.29, 0.717) is 12.1 Å². The SMILES string of the molecule is CCc1ccccc1CNC(=O)c1ccc(C)cc1Br. The molecular weight excluding hydrogens is 314 g/mol. The van der Waals surface area contributed by atoms with E-state index in [9.17, 15) is 4.79 Å². The summed E-state index contributed by atoms with van der Waals surface area (Å²) in [6.45, 7) is 4.68. The number of carbonyl (C=O) groups excluding carboxylic acids is 1. The van der Waals surface area contributed by atoms with E-state index < -0.39 is 0 Å². The Kier molecular flexibility index (Phi) is 4.96. The fourth-order valence-electron chi connectivity index (χ4n) is 2.15. The molecule has 0 bridgehead atoms. The molecule has 0 saturated heterocycles. The third kappa shape index (κ3) is 3.48. The van der Waals surface area contributed by atoms with Gasteiger partial charge in [-0.05, 0) is 58.1 Å². The minimum Gasteiger partial charge on any atom is -0.348 e. The van der Waals surface area contributed by atoms with Crippen LogP contribution in [0.5, 0.6) is 0 Å². The Morgan fingerprint density at radius 1 is 1.15 bits per heavy atom. The smallest absolute Gasteiger partial charge is 0.252 e. The molecule has 2 aromatic carbocycles. The van der Waals surface area contributed by atoms with Crippen molar-refractivity contribution < 1.29 is 4.79 Å². The second-order valence-electron chi connectivity index (χ2n) is 4.79. The third-order valence-electron chi connectivity index (χ3n) is 3.31. The first kappa shape index (κ1) is 14.8. The Bertz CT molecular complexity index is 622. The van der Waals surface area contributed by atoms with Gasteiger partial charge in [0.05, 0.1) is 5.56 Å². The Labute approximate surface area is 128 Å². The molecule has 0 aliphatic rings. The summed E-state index contributed by atoms with van der Waals surface area (Å²) < 4.78 is 0.832. The zero-order chi connectivity index (χ0) is 14.5. The first-order chi connectivity index (χ1) is 9.61. The lowest BCUT2D eigenvalue weighted by Gasteiger charge is -2.10. The maximum absolute atomic E-state index is 12.2. The van der Waals surface area contributed by atoms with Crippen LogP contribution in [0.1, 0.15) is 34.0 Å². The lowest BCUT2D eigenvalue weighted by atomic mass is 10.1. The zero-order valence-electron chi connectivity index (χ0n) is 11.7. The quantitative estimate of drug-likeness (QED) is 0.891. The van der Waals surface area contributed by atoms with Gasteiger partial charge in [0.1, 0.15) is 0 Å². The van der Waals surface area contributed by atoms with Crippen LogP contribution in [0.4, 0.5) is 0 Å². The first-order valence-electron chi connectivity index (χ1n) is 6.73.